The van der Waals surface area contributed by atoms with Gasteiger partial charge < -0.3 is 10.2 Å². The fourth-order valence-corrected chi connectivity index (χ4v) is 4.27. The second-order valence-electron chi connectivity index (χ2n) is 7.29. The molecule has 3 nitrogen and oxygen atoms in total. The van der Waals surface area contributed by atoms with E-state index < -0.39 is 0 Å². The standard InChI is InChI=1S/C16H26N2O/c19-16(13-8-11-7-12(11)9-13)18(15-4-5-15)10-14-3-1-2-6-17-14/h11-15,17H,1-10H2. The number of hydrogen-bond acceptors (Lipinski definition) is 2. The Labute approximate surface area is 116 Å². The third-order valence-electron chi connectivity index (χ3n) is 5.69. The lowest BCUT2D eigenvalue weighted by molar-refractivity contribution is -0.136. The monoisotopic (exact) mass is 262 g/mol. The summed E-state index contributed by atoms with van der Waals surface area (Å²) in [5.41, 5.74) is 0. The highest BCUT2D eigenvalue weighted by Crippen LogP contribution is 2.55. The van der Waals surface area contributed by atoms with Crippen molar-refractivity contribution in [1.29, 1.82) is 0 Å². The second kappa shape index (κ2) is 4.76. The molecule has 4 aliphatic rings. The van der Waals surface area contributed by atoms with Crippen molar-refractivity contribution in [3.05, 3.63) is 0 Å². The van der Waals surface area contributed by atoms with Gasteiger partial charge in [-0.2, -0.15) is 0 Å². The van der Waals surface area contributed by atoms with E-state index in [0.29, 0.717) is 23.9 Å². The van der Waals surface area contributed by atoms with Gasteiger partial charge in [0.15, 0.2) is 0 Å². The number of nitrogens with zero attached hydrogens (tertiary/aromatic N) is 1. The van der Waals surface area contributed by atoms with Crippen LogP contribution in [0.4, 0.5) is 0 Å². The average molecular weight is 262 g/mol. The maximum absolute atomic E-state index is 12.8. The molecule has 1 heterocycles. The summed E-state index contributed by atoms with van der Waals surface area (Å²) < 4.78 is 0. The minimum absolute atomic E-state index is 0.382. The Hall–Kier alpha value is -0.570. The number of rotatable bonds is 4. The molecule has 19 heavy (non-hydrogen) atoms. The average Bonchev–Trinajstić information content (AvgIpc) is 3.37. The molecule has 0 aromatic heterocycles. The Balaban J connectivity index is 1.38. The van der Waals surface area contributed by atoms with Gasteiger partial charge in [-0.15, -0.1) is 0 Å². The summed E-state index contributed by atoms with van der Waals surface area (Å²) in [5, 5.41) is 3.60. The van der Waals surface area contributed by atoms with E-state index in [-0.39, 0.29) is 0 Å². The van der Waals surface area contributed by atoms with Crippen molar-refractivity contribution in [1.82, 2.24) is 10.2 Å². The number of fused-ring (bicyclic) bond motifs is 1. The first-order chi connectivity index (χ1) is 9.31. The molecule has 3 unspecified atom stereocenters. The van der Waals surface area contributed by atoms with Gasteiger partial charge in [0.2, 0.25) is 5.91 Å². The van der Waals surface area contributed by atoms with Gasteiger partial charge in [-0.05, 0) is 63.3 Å². The Morgan fingerprint density at radius 1 is 1.05 bits per heavy atom. The molecule has 0 aromatic carbocycles. The largest absolute Gasteiger partial charge is 0.338 e. The number of carbonyl (C=O) groups is 1. The maximum atomic E-state index is 12.8. The molecule has 0 radical (unpaired) electrons. The summed E-state index contributed by atoms with van der Waals surface area (Å²) in [5.74, 6) is 2.72. The van der Waals surface area contributed by atoms with Gasteiger partial charge in [-0.1, -0.05) is 6.42 Å². The Morgan fingerprint density at radius 2 is 1.84 bits per heavy atom. The SMILES string of the molecule is O=C(C1CC2CC2C1)N(CC1CCCCN1)C1CC1. The van der Waals surface area contributed by atoms with E-state index >= 15 is 0 Å². The fourth-order valence-electron chi connectivity index (χ4n) is 4.27. The number of hydrogen-bond donors (Lipinski definition) is 1. The molecule has 1 amide bonds. The van der Waals surface area contributed by atoms with Crippen molar-refractivity contribution in [3.8, 4) is 0 Å². The Kier molecular flexibility index (Phi) is 3.06. The third-order valence-corrected chi connectivity index (χ3v) is 5.69. The number of nitrogens with one attached hydrogen (secondary N) is 1. The summed E-state index contributed by atoms with van der Waals surface area (Å²) in [7, 11) is 0. The highest BCUT2D eigenvalue weighted by Gasteiger charge is 2.50. The lowest BCUT2D eigenvalue weighted by Crippen LogP contribution is -2.48. The van der Waals surface area contributed by atoms with Crippen LogP contribution in [0, 0.1) is 17.8 Å². The number of piperidine rings is 1. The minimum atomic E-state index is 0.382. The van der Waals surface area contributed by atoms with E-state index in [1.54, 1.807) is 0 Å². The molecule has 3 heteroatoms. The van der Waals surface area contributed by atoms with Crippen LogP contribution < -0.4 is 5.32 Å². The van der Waals surface area contributed by atoms with E-state index in [1.807, 2.05) is 0 Å². The molecule has 3 aliphatic carbocycles. The smallest absolute Gasteiger partial charge is 0.226 e. The van der Waals surface area contributed by atoms with Gasteiger partial charge in [-0.3, -0.25) is 4.79 Å². The first-order valence-corrected chi connectivity index (χ1v) is 8.35. The van der Waals surface area contributed by atoms with Crippen LogP contribution >= 0.6 is 0 Å². The van der Waals surface area contributed by atoms with Gasteiger partial charge >= 0.3 is 0 Å². The Morgan fingerprint density at radius 3 is 2.47 bits per heavy atom. The molecular weight excluding hydrogens is 236 g/mol. The van der Waals surface area contributed by atoms with Crippen LogP contribution in [-0.2, 0) is 4.79 Å². The van der Waals surface area contributed by atoms with Crippen molar-refractivity contribution >= 4 is 5.91 Å². The predicted octanol–water partition coefficient (Wildman–Crippen LogP) is 2.17. The molecule has 0 aromatic rings. The van der Waals surface area contributed by atoms with E-state index in [2.05, 4.69) is 10.2 Å². The maximum Gasteiger partial charge on any atom is 0.226 e. The lowest BCUT2D eigenvalue weighted by atomic mass is 10.00. The molecular formula is C16H26N2O. The van der Waals surface area contributed by atoms with Crippen molar-refractivity contribution in [2.45, 2.75) is 63.5 Å². The van der Waals surface area contributed by atoms with E-state index in [9.17, 15) is 4.79 Å². The van der Waals surface area contributed by atoms with E-state index in [0.717, 1.165) is 24.9 Å². The molecule has 1 saturated heterocycles. The van der Waals surface area contributed by atoms with Crippen molar-refractivity contribution < 1.29 is 4.79 Å². The third kappa shape index (κ3) is 2.54. The van der Waals surface area contributed by atoms with Crippen LogP contribution in [0.3, 0.4) is 0 Å². The normalized spacial score (nSPS) is 40.8. The van der Waals surface area contributed by atoms with Gasteiger partial charge in [0.1, 0.15) is 0 Å². The zero-order chi connectivity index (χ0) is 12.8. The summed E-state index contributed by atoms with van der Waals surface area (Å²) in [6, 6.07) is 1.15. The van der Waals surface area contributed by atoms with Gasteiger partial charge in [0, 0.05) is 24.5 Å². The van der Waals surface area contributed by atoms with Crippen molar-refractivity contribution in [2.75, 3.05) is 13.1 Å². The fraction of sp³-hybridized carbons (Fsp3) is 0.938. The number of carbonyl (C=O) groups excluding carboxylic acids is 1. The molecule has 4 fully saturated rings. The molecule has 3 atom stereocenters. The predicted molar refractivity (Wildman–Crippen MR) is 74.7 cm³/mol. The first-order valence-electron chi connectivity index (χ1n) is 8.35. The lowest BCUT2D eigenvalue weighted by Gasteiger charge is -2.32. The van der Waals surface area contributed by atoms with Crippen LogP contribution in [0.25, 0.3) is 0 Å². The quantitative estimate of drug-likeness (QED) is 0.842. The van der Waals surface area contributed by atoms with Crippen molar-refractivity contribution in [3.63, 3.8) is 0 Å². The number of amides is 1. The van der Waals surface area contributed by atoms with Crippen LogP contribution in [0.5, 0.6) is 0 Å². The summed E-state index contributed by atoms with van der Waals surface area (Å²) in [6.45, 7) is 2.13. The summed E-state index contributed by atoms with van der Waals surface area (Å²) >= 11 is 0. The van der Waals surface area contributed by atoms with Gasteiger partial charge in [0.25, 0.3) is 0 Å². The van der Waals surface area contributed by atoms with Crippen molar-refractivity contribution in [2.24, 2.45) is 17.8 Å². The second-order valence-corrected chi connectivity index (χ2v) is 7.29. The zero-order valence-electron chi connectivity index (χ0n) is 11.8. The molecule has 4 rings (SSSR count). The molecule has 0 spiro atoms. The molecule has 106 valence electrons. The highest BCUT2D eigenvalue weighted by atomic mass is 16.2. The highest BCUT2D eigenvalue weighted by molar-refractivity contribution is 5.80. The van der Waals surface area contributed by atoms with Crippen LogP contribution in [0.1, 0.15) is 51.4 Å². The first kappa shape index (κ1) is 12.2. The Bertz CT molecular complexity index is 350. The van der Waals surface area contributed by atoms with Crippen LogP contribution in [0.2, 0.25) is 0 Å². The minimum Gasteiger partial charge on any atom is -0.338 e. The molecule has 1 N–H and O–H groups in total. The van der Waals surface area contributed by atoms with Gasteiger partial charge in [-0.25, -0.2) is 0 Å². The topological polar surface area (TPSA) is 32.3 Å². The molecule has 0 bridgehead atoms. The molecule has 1 aliphatic heterocycles. The van der Waals surface area contributed by atoms with Crippen LogP contribution in [-0.4, -0.2) is 36.0 Å². The molecule has 3 saturated carbocycles. The zero-order valence-corrected chi connectivity index (χ0v) is 11.8. The van der Waals surface area contributed by atoms with E-state index in [1.165, 1.54) is 51.4 Å². The van der Waals surface area contributed by atoms with Gasteiger partial charge in [0.05, 0.1) is 0 Å². The van der Waals surface area contributed by atoms with E-state index in [4.69, 9.17) is 0 Å². The summed E-state index contributed by atoms with van der Waals surface area (Å²) in [6.07, 6.45) is 10.2. The summed E-state index contributed by atoms with van der Waals surface area (Å²) in [4.78, 5) is 15.0. The van der Waals surface area contributed by atoms with Crippen LogP contribution in [0.15, 0.2) is 0 Å².